The summed E-state index contributed by atoms with van der Waals surface area (Å²) in [5.74, 6) is -15.6. The lowest BCUT2D eigenvalue weighted by Crippen LogP contribution is -2.45. The third kappa shape index (κ3) is 11.1. The zero-order valence-electron chi connectivity index (χ0n) is 28.7. The second-order valence-electron chi connectivity index (χ2n) is 12.9. The Kier molecular flexibility index (Phi) is 14.9. The number of carbonyl (C=O) groups excluding carboxylic acids is 1. The molecule has 20 heteroatoms. The number of aliphatic carboxylic acids is 1. The molecule has 0 unspecified atom stereocenters. The Hall–Kier alpha value is -3.58. The van der Waals surface area contributed by atoms with Gasteiger partial charge in [0.1, 0.15) is 5.82 Å². The minimum atomic E-state index is -5.11. The SMILES string of the molecule is O=C(C1CCN(S(=O)(=O)c2c(F)c(F)c(F)c(F)c2F)CC1)N(CCCN1CCC(Cc2ccc(F)cc2)CC1)c1ccc(Cl)c(Cl)c1.O=C(O)C(F)(F)F. The highest BCUT2D eigenvalue weighted by Gasteiger charge is 2.40. The normalized spacial score (nSPS) is 16.4. The van der Waals surface area contributed by atoms with Crippen LogP contribution in [0.25, 0.3) is 0 Å². The van der Waals surface area contributed by atoms with E-state index in [0.717, 1.165) is 37.9 Å². The maximum Gasteiger partial charge on any atom is 0.490 e. The quantitative estimate of drug-likeness (QED) is 0.126. The minimum absolute atomic E-state index is 0.0488. The molecule has 2 aliphatic heterocycles. The van der Waals surface area contributed by atoms with Crippen molar-refractivity contribution in [1.82, 2.24) is 9.21 Å². The summed E-state index contributed by atoms with van der Waals surface area (Å²) in [6, 6.07) is 11.3. The second kappa shape index (κ2) is 18.6. The number of hydrogen-bond donors (Lipinski definition) is 1. The van der Waals surface area contributed by atoms with Crippen molar-refractivity contribution in [3.8, 4) is 0 Å². The van der Waals surface area contributed by atoms with Crippen molar-refractivity contribution in [2.75, 3.05) is 44.2 Å². The van der Waals surface area contributed by atoms with E-state index >= 15 is 0 Å². The van der Waals surface area contributed by atoms with Crippen molar-refractivity contribution in [3.05, 3.63) is 93.0 Å². The van der Waals surface area contributed by atoms with Gasteiger partial charge in [-0.1, -0.05) is 35.3 Å². The van der Waals surface area contributed by atoms with Crippen LogP contribution in [0.4, 0.5) is 45.2 Å². The van der Waals surface area contributed by atoms with Crippen LogP contribution in [0.5, 0.6) is 0 Å². The van der Waals surface area contributed by atoms with Gasteiger partial charge in [-0.2, -0.15) is 17.5 Å². The number of carboxylic acids is 1. The lowest BCUT2D eigenvalue weighted by molar-refractivity contribution is -0.192. The lowest BCUT2D eigenvalue weighted by atomic mass is 9.90. The van der Waals surface area contributed by atoms with Crippen molar-refractivity contribution in [3.63, 3.8) is 0 Å². The molecule has 2 heterocycles. The number of rotatable bonds is 10. The van der Waals surface area contributed by atoms with E-state index in [1.807, 2.05) is 12.1 Å². The third-order valence-corrected chi connectivity index (χ3v) is 12.0. The first-order chi connectivity index (χ1) is 25.7. The predicted octanol–water partition coefficient (Wildman–Crippen LogP) is 8.24. The van der Waals surface area contributed by atoms with Crippen molar-refractivity contribution in [2.45, 2.75) is 49.6 Å². The Morgan fingerprint density at radius 2 is 1.31 bits per heavy atom. The number of carbonyl (C=O) groups is 2. The van der Waals surface area contributed by atoms with E-state index in [4.69, 9.17) is 33.1 Å². The highest BCUT2D eigenvalue weighted by Crippen LogP contribution is 2.34. The van der Waals surface area contributed by atoms with Gasteiger partial charge in [-0.05, 0) is 100.0 Å². The van der Waals surface area contributed by atoms with Gasteiger partial charge < -0.3 is 14.9 Å². The molecule has 0 bridgehead atoms. The molecule has 0 atom stereocenters. The van der Waals surface area contributed by atoms with Gasteiger partial charge in [-0.3, -0.25) is 4.79 Å². The van der Waals surface area contributed by atoms with Crippen molar-refractivity contribution < 1.29 is 62.6 Å². The number of alkyl halides is 3. The van der Waals surface area contributed by atoms with Crippen LogP contribution in [0.3, 0.4) is 0 Å². The van der Waals surface area contributed by atoms with Crippen LogP contribution in [0.15, 0.2) is 47.4 Å². The highest BCUT2D eigenvalue weighted by molar-refractivity contribution is 7.89. The van der Waals surface area contributed by atoms with Crippen LogP contribution >= 0.6 is 23.2 Å². The molecule has 8 nitrogen and oxygen atoms in total. The van der Waals surface area contributed by atoms with E-state index in [1.54, 1.807) is 23.1 Å². The van der Waals surface area contributed by atoms with Gasteiger partial charge in [0.05, 0.1) is 10.0 Å². The predicted molar refractivity (Wildman–Crippen MR) is 184 cm³/mol. The number of benzene rings is 3. The molecule has 0 radical (unpaired) electrons. The molecule has 3 aromatic carbocycles. The standard InChI is InChI=1S/C33H33Cl2F6N3O3S.C2HF3O2/c34-25-7-6-24(19-26(25)35)44(13-1-12-42-14-8-21(9-15-42)18-20-2-4-23(36)5-3-20)33(45)22-10-16-43(17-11-22)48(46,47)32-30(40)28(38)27(37)29(39)31(32)41;3-2(4,5)1(6)7/h2-7,19,21-22H,1,8-18H2;(H,6,7). The van der Waals surface area contributed by atoms with Gasteiger partial charge in [0.25, 0.3) is 0 Å². The van der Waals surface area contributed by atoms with Gasteiger partial charge in [0.15, 0.2) is 28.2 Å². The first-order valence-electron chi connectivity index (χ1n) is 16.8. The molecular weight excluding hydrogens is 816 g/mol. The summed E-state index contributed by atoms with van der Waals surface area (Å²) in [6.45, 7) is 2.04. The van der Waals surface area contributed by atoms with Gasteiger partial charge in [-0.25, -0.2) is 39.6 Å². The molecule has 1 amide bonds. The highest BCUT2D eigenvalue weighted by atomic mass is 35.5. The van der Waals surface area contributed by atoms with Crippen molar-refractivity contribution in [2.24, 2.45) is 11.8 Å². The smallest absolute Gasteiger partial charge is 0.475 e. The monoisotopic (exact) mass is 849 g/mol. The largest absolute Gasteiger partial charge is 0.490 e. The molecule has 2 aliphatic rings. The van der Waals surface area contributed by atoms with Crippen LogP contribution < -0.4 is 4.90 Å². The number of likely N-dealkylation sites (tertiary alicyclic amines) is 1. The zero-order chi connectivity index (χ0) is 40.8. The second-order valence-corrected chi connectivity index (χ2v) is 15.6. The average Bonchev–Trinajstić information content (AvgIpc) is 3.14. The lowest BCUT2D eigenvalue weighted by Gasteiger charge is -2.35. The van der Waals surface area contributed by atoms with Crippen LogP contribution in [-0.4, -0.2) is 80.1 Å². The molecule has 0 aromatic heterocycles. The molecular formula is C35H34Cl2F9N3O5S. The first kappa shape index (κ1) is 44.1. The van der Waals surface area contributed by atoms with Crippen molar-refractivity contribution in [1.29, 1.82) is 0 Å². The summed E-state index contributed by atoms with van der Waals surface area (Å²) < 4.78 is 141. The van der Waals surface area contributed by atoms with Crippen LogP contribution in [0, 0.1) is 46.7 Å². The van der Waals surface area contributed by atoms with Gasteiger partial charge in [0, 0.05) is 31.2 Å². The number of sulfonamides is 1. The molecule has 2 saturated heterocycles. The van der Waals surface area contributed by atoms with E-state index in [0.29, 0.717) is 40.4 Å². The third-order valence-electron chi connectivity index (χ3n) is 9.29. The Morgan fingerprint density at radius 1 is 0.782 bits per heavy atom. The summed E-state index contributed by atoms with van der Waals surface area (Å²) in [6.07, 6.45) is -1.71. The van der Waals surface area contributed by atoms with E-state index in [9.17, 15) is 52.7 Å². The van der Waals surface area contributed by atoms with Gasteiger partial charge in [0.2, 0.25) is 21.7 Å². The molecule has 55 heavy (non-hydrogen) atoms. The Morgan fingerprint density at radius 3 is 1.82 bits per heavy atom. The molecule has 0 aliphatic carbocycles. The number of nitrogens with zero attached hydrogens (tertiary/aromatic N) is 3. The first-order valence-corrected chi connectivity index (χ1v) is 19.0. The number of amides is 1. The van der Waals surface area contributed by atoms with Crippen LogP contribution in [-0.2, 0) is 26.0 Å². The fraction of sp³-hybridized carbons (Fsp3) is 0.429. The van der Waals surface area contributed by atoms with Crippen LogP contribution in [0.1, 0.15) is 37.7 Å². The molecule has 0 saturated carbocycles. The maximum absolute atomic E-state index is 14.4. The maximum atomic E-state index is 14.4. The Balaban J connectivity index is 0.000000876. The topological polar surface area (TPSA) is 98.2 Å². The van der Waals surface area contributed by atoms with Gasteiger partial charge >= 0.3 is 12.1 Å². The van der Waals surface area contributed by atoms with E-state index in [1.165, 1.54) is 12.1 Å². The molecule has 2 fully saturated rings. The number of hydrogen-bond acceptors (Lipinski definition) is 5. The molecule has 302 valence electrons. The van der Waals surface area contributed by atoms with E-state index in [-0.39, 0.29) is 42.7 Å². The summed E-state index contributed by atoms with van der Waals surface area (Å²) in [7, 11) is -5.11. The zero-order valence-corrected chi connectivity index (χ0v) is 31.0. The average molecular weight is 851 g/mol. The van der Waals surface area contributed by atoms with Crippen LogP contribution in [0.2, 0.25) is 10.0 Å². The number of halogens is 11. The molecule has 1 N–H and O–H groups in total. The fourth-order valence-corrected chi connectivity index (χ4v) is 8.22. The number of piperidine rings is 2. The molecule has 5 rings (SSSR count). The van der Waals surface area contributed by atoms with E-state index in [2.05, 4.69) is 4.90 Å². The summed E-state index contributed by atoms with van der Waals surface area (Å²) in [5, 5.41) is 7.65. The molecule has 3 aromatic rings. The number of anilines is 1. The summed E-state index contributed by atoms with van der Waals surface area (Å²) >= 11 is 12.4. The Labute approximate surface area is 320 Å². The summed E-state index contributed by atoms with van der Waals surface area (Å²) in [5.41, 5.74) is 1.59. The van der Waals surface area contributed by atoms with E-state index < -0.39 is 62.1 Å². The Bertz CT molecular complexity index is 1930. The fourth-order valence-electron chi connectivity index (χ4n) is 6.34. The number of carboxylic acid groups (broad SMARTS) is 1. The summed E-state index contributed by atoms with van der Waals surface area (Å²) in [4.78, 5) is 24.7. The minimum Gasteiger partial charge on any atom is -0.475 e. The van der Waals surface area contributed by atoms with Crippen molar-refractivity contribution >= 4 is 50.8 Å². The molecule has 0 spiro atoms. The van der Waals surface area contributed by atoms with Gasteiger partial charge in [-0.15, -0.1) is 0 Å².